The summed E-state index contributed by atoms with van der Waals surface area (Å²) >= 11 is 0.981. The lowest BCUT2D eigenvalue weighted by atomic mass is 9.86. The molecule has 1 aliphatic carbocycles. The van der Waals surface area contributed by atoms with Crippen LogP contribution in [-0.2, 0) is 21.4 Å². The maximum Gasteiger partial charge on any atom is 0.248 e. The Hall–Kier alpha value is -1.06. The molecule has 0 spiro atoms. The molecular formula is C12H16F2N2O3S2. The monoisotopic (exact) mass is 338 g/mol. The number of hydrogen-bond acceptors (Lipinski definition) is 4. The molecule has 1 aliphatic rings. The molecule has 3 N–H and O–H groups in total. The fourth-order valence-corrected chi connectivity index (χ4v) is 3.95. The van der Waals surface area contributed by atoms with Gasteiger partial charge in [0.25, 0.3) is 0 Å². The predicted molar refractivity (Wildman–Crippen MR) is 74.4 cm³/mol. The molecule has 0 radical (unpaired) electrons. The molecule has 0 atom stereocenters. The van der Waals surface area contributed by atoms with Gasteiger partial charge >= 0.3 is 0 Å². The minimum absolute atomic E-state index is 0.0315. The van der Waals surface area contributed by atoms with Gasteiger partial charge in [-0.25, -0.2) is 22.3 Å². The van der Waals surface area contributed by atoms with Gasteiger partial charge in [0.05, 0.1) is 6.54 Å². The maximum absolute atomic E-state index is 13.0. The van der Waals surface area contributed by atoms with Crippen LogP contribution in [0.2, 0.25) is 0 Å². The minimum atomic E-state index is -3.73. The van der Waals surface area contributed by atoms with Crippen LogP contribution in [0.3, 0.4) is 0 Å². The second kappa shape index (κ2) is 5.98. The first-order chi connectivity index (χ1) is 9.67. The summed E-state index contributed by atoms with van der Waals surface area (Å²) in [7, 11) is -3.73. The van der Waals surface area contributed by atoms with E-state index in [9.17, 15) is 22.0 Å². The normalized spacial score (nSPS) is 19.4. The number of carbonyl (C=O) groups excluding carboxylic acids is 1. The van der Waals surface area contributed by atoms with Gasteiger partial charge in [-0.05, 0) is 25.0 Å². The van der Waals surface area contributed by atoms with E-state index in [0.717, 1.165) is 11.3 Å². The van der Waals surface area contributed by atoms with Crippen molar-refractivity contribution in [3.05, 3.63) is 17.0 Å². The summed E-state index contributed by atoms with van der Waals surface area (Å²) in [5, 5.41) is 7.64. The zero-order chi connectivity index (χ0) is 15.7. The number of rotatable bonds is 4. The topological polar surface area (TPSA) is 89.3 Å². The van der Waals surface area contributed by atoms with Crippen molar-refractivity contribution in [3.63, 3.8) is 0 Å². The second-order valence-electron chi connectivity index (χ2n) is 5.11. The molecule has 21 heavy (non-hydrogen) atoms. The molecule has 2 rings (SSSR count). The third-order valence-electron chi connectivity index (χ3n) is 3.44. The summed E-state index contributed by atoms with van der Waals surface area (Å²) in [6.07, 6.45) is -0.184. The fraction of sp³-hybridized carbons (Fsp3) is 0.583. The lowest BCUT2D eigenvalue weighted by molar-refractivity contribution is -0.129. The lowest BCUT2D eigenvalue weighted by Gasteiger charge is -2.27. The Bertz CT molecular complexity index is 618. The van der Waals surface area contributed by atoms with Crippen LogP contribution in [0.4, 0.5) is 8.78 Å². The average Bonchev–Trinajstić information content (AvgIpc) is 2.84. The van der Waals surface area contributed by atoms with Crippen LogP contribution >= 0.6 is 11.3 Å². The van der Waals surface area contributed by atoms with E-state index in [1.54, 1.807) is 6.07 Å². The molecular weight excluding hydrogens is 322 g/mol. The molecule has 1 amide bonds. The van der Waals surface area contributed by atoms with Crippen molar-refractivity contribution in [2.75, 3.05) is 0 Å². The number of amides is 1. The Balaban J connectivity index is 1.86. The van der Waals surface area contributed by atoms with Crippen LogP contribution in [-0.4, -0.2) is 20.2 Å². The van der Waals surface area contributed by atoms with E-state index in [-0.39, 0.29) is 42.3 Å². The third kappa shape index (κ3) is 4.45. The van der Waals surface area contributed by atoms with Crippen molar-refractivity contribution in [1.82, 2.24) is 5.32 Å². The first kappa shape index (κ1) is 16.3. The van der Waals surface area contributed by atoms with E-state index in [1.165, 1.54) is 6.07 Å². The smallest absolute Gasteiger partial charge is 0.248 e. The number of primary sulfonamides is 1. The number of carbonyl (C=O) groups is 1. The molecule has 9 heteroatoms. The van der Waals surface area contributed by atoms with Gasteiger partial charge in [0.2, 0.25) is 21.9 Å². The number of sulfonamides is 1. The number of nitrogens with two attached hydrogens (primary N) is 1. The molecule has 1 fully saturated rings. The molecule has 1 aromatic heterocycles. The van der Waals surface area contributed by atoms with E-state index < -0.39 is 21.9 Å². The molecule has 5 nitrogen and oxygen atoms in total. The number of hydrogen-bond donors (Lipinski definition) is 2. The highest BCUT2D eigenvalue weighted by molar-refractivity contribution is 7.91. The zero-order valence-electron chi connectivity index (χ0n) is 11.1. The summed E-state index contributed by atoms with van der Waals surface area (Å²) < 4.78 is 48.3. The van der Waals surface area contributed by atoms with Gasteiger partial charge in [0.15, 0.2) is 0 Å². The Labute approximate surface area is 125 Å². The van der Waals surface area contributed by atoms with Crippen LogP contribution in [0.25, 0.3) is 0 Å². The van der Waals surface area contributed by atoms with Gasteiger partial charge in [-0.15, -0.1) is 11.3 Å². The third-order valence-corrected chi connectivity index (χ3v) is 5.97. The highest BCUT2D eigenvalue weighted by Gasteiger charge is 2.37. The van der Waals surface area contributed by atoms with Crippen molar-refractivity contribution in [2.45, 2.75) is 42.4 Å². The lowest BCUT2D eigenvalue weighted by Crippen LogP contribution is -2.35. The molecule has 0 aliphatic heterocycles. The molecule has 0 aromatic carbocycles. The first-order valence-electron chi connectivity index (χ1n) is 6.44. The summed E-state index contributed by atoms with van der Waals surface area (Å²) in [5.41, 5.74) is 0. The van der Waals surface area contributed by atoms with E-state index in [4.69, 9.17) is 5.14 Å². The first-order valence-corrected chi connectivity index (χ1v) is 8.81. The number of nitrogens with one attached hydrogen (secondary N) is 1. The molecule has 1 heterocycles. The van der Waals surface area contributed by atoms with Crippen molar-refractivity contribution in [3.8, 4) is 0 Å². The van der Waals surface area contributed by atoms with Crippen LogP contribution in [0.5, 0.6) is 0 Å². The predicted octanol–water partition coefficient (Wildman–Crippen LogP) is 1.84. The standard InChI is InChI=1S/C12H16F2N2O3S2/c13-12(14)5-3-8(4-6-12)11(17)16-7-9-1-2-10(20-9)21(15,18)19/h1-2,8H,3-7H2,(H,16,17)(H2,15,18,19). The van der Waals surface area contributed by atoms with Crippen LogP contribution in [0, 0.1) is 5.92 Å². The van der Waals surface area contributed by atoms with Crippen LogP contribution < -0.4 is 10.5 Å². The minimum Gasteiger partial charge on any atom is -0.351 e. The van der Waals surface area contributed by atoms with Gasteiger partial charge in [-0.3, -0.25) is 4.79 Å². The van der Waals surface area contributed by atoms with Gasteiger partial charge in [-0.2, -0.15) is 0 Å². The highest BCUT2D eigenvalue weighted by atomic mass is 32.2. The Kier molecular flexibility index (Phi) is 4.64. The summed E-state index contributed by atoms with van der Waals surface area (Å²) in [4.78, 5) is 12.5. The fourth-order valence-electron chi connectivity index (χ4n) is 2.23. The largest absolute Gasteiger partial charge is 0.351 e. The van der Waals surface area contributed by atoms with Gasteiger partial charge in [0.1, 0.15) is 4.21 Å². The Morgan fingerprint density at radius 3 is 2.52 bits per heavy atom. The number of thiophene rings is 1. The van der Waals surface area contributed by atoms with Crippen LogP contribution in [0.15, 0.2) is 16.3 Å². The highest BCUT2D eigenvalue weighted by Crippen LogP contribution is 2.36. The van der Waals surface area contributed by atoms with Crippen LogP contribution in [0.1, 0.15) is 30.6 Å². The number of halogens is 2. The van der Waals surface area contributed by atoms with E-state index in [1.807, 2.05) is 0 Å². The van der Waals surface area contributed by atoms with Crippen molar-refractivity contribution < 1.29 is 22.0 Å². The number of alkyl halides is 2. The summed E-state index contributed by atoms with van der Waals surface area (Å²) in [5.74, 6) is -3.33. The Morgan fingerprint density at radius 2 is 2.00 bits per heavy atom. The van der Waals surface area contributed by atoms with Crippen molar-refractivity contribution >= 4 is 27.3 Å². The SMILES string of the molecule is NS(=O)(=O)c1ccc(CNC(=O)C2CCC(F)(F)CC2)s1. The van der Waals surface area contributed by atoms with Crippen molar-refractivity contribution in [2.24, 2.45) is 11.1 Å². The molecule has 1 saturated carbocycles. The Morgan fingerprint density at radius 1 is 1.38 bits per heavy atom. The molecule has 0 unspecified atom stereocenters. The van der Waals surface area contributed by atoms with Gasteiger partial charge < -0.3 is 5.32 Å². The van der Waals surface area contributed by atoms with E-state index in [0.29, 0.717) is 4.88 Å². The van der Waals surface area contributed by atoms with E-state index in [2.05, 4.69) is 5.32 Å². The summed E-state index contributed by atoms with van der Waals surface area (Å²) in [6.45, 7) is 0.173. The molecule has 0 saturated heterocycles. The van der Waals surface area contributed by atoms with Gasteiger partial charge in [-0.1, -0.05) is 0 Å². The quantitative estimate of drug-likeness (QED) is 0.878. The second-order valence-corrected chi connectivity index (χ2v) is 8.07. The maximum atomic E-state index is 13.0. The molecule has 1 aromatic rings. The average molecular weight is 338 g/mol. The zero-order valence-corrected chi connectivity index (χ0v) is 12.8. The molecule has 0 bridgehead atoms. The summed E-state index contributed by atoms with van der Waals surface area (Å²) in [6, 6.07) is 2.95. The van der Waals surface area contributed by atoms with Gasteiger partial charge in [0, 0.05) is 23.6 Å². The van der Waals surface area contributed by atoms with E-state index >= 15 is 0 Å². The molecule has 118 valence electrons. The van der Waals surface area contributed by atoms with Crippen molar-refractivity contribution in [1.29, 1.82) is 0 Å².